The van der Waals surface area contributed by atoms with Crippen molar-refractivity contribution in [2.24, 2.45) is 23.4 Å². The molecule has 1 aliphatic carbocycles. The van der Waals surface area contributed by atoms with Crippen LogP contribution in [0.4, 0.5) is 0 Å². The van der Waals surface area contributed by atoms with Crippen LogP contribution in [-0.2, 0) is 0 Å². The molecule has 0 spiro atoms. The third-order valence-corrected chi connectivity index (χ3v) is 4.40. The Kier molecular flexibility index (Phi) is 9.23. The first-order valence-electron chi connectivity index (χ1n) is 7.58. The van der Waals surface area contributed by atoms with Crippen molar-refractivity contribution >= 4 is 0 Å². The Hall–Kier alpha value is -0.320. The van der Waals surface area contributed by atoms with E-state index < -0.39 is 0 Å². The summed E-state index contributed by atoms with van der Waals surface area (Å²) >= 11 is 0. The molecule has 12 N–H and O–H groups in total. The van der Waals surface area contributed by atoms with Crippen molar-refractivity contribution in [3.05, 3.63) is 0 Å². The zero-order valence-electron chi connectivity index (χ0n) is 12.3. The summed E-state index contributed by atoms with van der Waals surface area (Å²) < 4.78 is 0. The SMILES string of the molecule is NNC1CCC(NN)CCC(NN)CCC(NN)CC1. The number of hydrazine groups is 4. The van der Waals surface area contributed by atoms with Crippen LogP contribution in [0.1, 0.15) is 51.4 Å². The summed E-state index contributed by atoms with van der Waals surface area (Å²) in [7, 11) is 0. The Morgan fingerprint density at radius 1 is 0.400 bits per heavy atom. The van der Waals surface area contributed by atoms with E-state index in [2.05, 4.69) is 21.7 Å². The average molecular weight is 288 g/mol. The summed E-state index contributed by atoms with van der Waals surface area (Å²) in [5.74, 6) is 22.5. The van der Waals surface area contributed by atoms with Gasteiger partial charge in [-0.05, 0) is 51.4 Å². The van der Waals surface area contributed by atoms with Gasteiger partial charge in [-0.3, -0.25) is 45.1 Å². The molecule has 0 radical (unpaired) electrons. The first-order valence-corrected chi connectivity index (χ1v) is 7.58. The molecule has 0 atom stereocenters. The van der Waals surface area contributed by atoms with Gasteiger partial charge in [-0.2, -0.15) is 0 Å². The smallest absolute Gasteiger partial charge is 0.0211 e. The molecule has 0 heterocycles. The molecule has 1 saturated carbocycles. The summed E-state index contributed by atoms with van der Waals surface area (Å²) in [6.07, 6.45) is 8.03. The van der Waals surface area contributed by atoms with Gasteiger partial charge in [0, 0.05) is 24.2 Å². The molecule has 0 aromatic heterocycles. The molecule has 0 amide bonds. The van der Waals surface area contributed by atoms with Crippen LogP contribution in [0.2, 0.25) is 0 Å². The number of nitrogens with one attached hydrogen (secondary N) is 4. The van der Waals surface area contributed by atoms with E-state index in [1.165, 1.54) is 0 Å². The summed E-state index contributed by atoms with van der Waals surface area (Å²) in [6.45, 7) is 0. The summed E-state index contributed by atoms with van der Waals surface area (Å²) in [5, 5.41) is 0. The average Bonchev–Trinajstić information content (AvgIpc) is 2.48. The number of rotatable bonds is 4. The highest BCUT2D eigenvalue weighted by molar-refractivity contribution is 4.78. The molecule has 1 rings (SSSR count). The Bertz CT molecular complexity index is 175. The molecule has 0 aromatic rings. The van der Waals surface area contributed by atoms with Crippen LogP contribution >= 0.6 is 0 Å². The molecule has 0 unspecified atom stereocenters. The van der Waals surface area contributed by atoms with E-state index in [0.717, 1.165) is 51.4 Å². The topological polar surface area (TPSA) is 152 Å². The molecule has 1 aliphatic rings. The molecule has 1 fully saturated rings. The second-order valence-corrected chi connectivity index (χ2v) is 5.76. The maximum atomic E-state index is 5.62. The fourth-order valence-electron chi connectivity index (χ4n) is 2.85. The van der Waals surface area contributed by atoms with Crippen LogP contribution in [-0.4, -0.2) is 24.2 Å². The van der Waals surface area contributed by atoms with E-state index in [1.807, 2.05) is 0 Å². The summed E-state index contributed by atoms with van der Waals surface area (Å²) in [5.41, 5.74) is 11.6. The minimum atomic E-state index is 0.310. The molecule has 120 valence electrons. The number of nitrogens with two attached hydrogens (primary N) is 4. The molecule has 0 aliphatic heterocycles. The summed E-state index contributed by atoms with van der Waals surface area (Å²) in [6, 6.07) is 1.24. The Morgan fingerprint density at radius 2 is 0.550 bits per heavy atom. The lowest BCUT2D eigenvalue weighted by molar-refractivity contribution is 0.313. The monoisotopic (exact) mass is 288 g/mol. The molecular formula is C12H32N8. The Morgan fingerprint density at radius 3 is 0.650 bits per heavy atom. The zero-order valence-corrected chi connectivity index (χ0v) is 12.3. The maximum Gasteiger partial charge on any atom is 0.0211 e. The fourth-order valence-corrected chi connectivity index (χ4v) is 2.85. The van der Waals surface area contributed by atoms with E-state index in [0.29, 0.717) is 24.2 Å². The van der Waals surface area contributed by atoms with Gasteiger partial charge in [0.1, 0.15) is 0 Å². The molecule has 0 saturated heterocycles. The predicted molar refractivity (Wildman–Crippen MR) is 81.4 cm³/mol. The molecule has 8 heteroatoms. The lowest BCUT2D eigenvalue weighted by Gasteiger charge is -2.27. The number of hydrogen-bond acceptors (Lipinski definition) is 8. The Balaban J connectivity index is 2.58. The van der Waals surface area contributed by atoms with Crippen molar-refractivity contribution in [2.75, 3.05) is 0 Å². The van der Waals surface area contributed by atoms with Crippen LogP contribution in [0.5, 0.6) is 0 Å². The van der Waals surface area contributed by atoms with Crippen LogP contribution in [0.3, 0.4) is 0 Å². The zero-order chi connectivity index (χ0) is 14.8. The maximum absolute atomic E-state index is 5.62. The first-order chi connectivity index (χ1) is 9.73. The minimum absolute atomic E-state index is 0.310. The van der Waals surface area contributed by atoms with Crippen molar-refractivity contribution in [1.29, 1.82) is 0 Å². The third-order valence-electron chi connectivity index (χ3n) is 4.40. The van der Waals surface area contributed by atoms with Gasteiger partial charge in [-0.25, -0.2) is 0 Å². The summed E-state index contributed by atoms with van der Waals surface area (Å²) in [4.78, 5) is 0. The van der Waals surface area contributed by atoms with Gasteiger partial charge in [-0.15, -0.1) is 0 Å². The standard InChI is InChI=1S/C12H32N8/c13-17-9-1-2-10(18-14)5-6-12(20-16)8-7-11(19-15)4-3-9/h9-12,17-20H,1-8,13-16H2. The van der Waals surface area contributed by atoms with E-state index in [4.69, 9.17) is 23.4 Å². The third kappa shape index (κ3) is 6.42. The van der Waals surface area contributed by atoms with Crippen LogP contribution in [0.25, 0.3) is 0 Å². The molecule has 0 bridgehead atoms. The highest BCUT2D eigenvalue weighted by Gasteiger charge is 2.19. The van der Waals surface area contributed by atoms with Crippen LogP contribution in [0, 0.1) is 0 Å². The van der Waals surface area contributed by atoms with Gasteiger partial charge in [0.15, 0.2) is 0 Å². The van der Waals surface area contributed by atoms with E-state index in [9.17, 15) is 0 Å². The van der Waals surface area contributed by atoms with Crippen LogP contribution in [0.15, 0.2) is 0 Å². The number of hydrogen-bond donors (Lipinski definition) is 8. The highest BCUT2D eigenvalue weighted by atomic mass is 15.3. The first kappa shape index (κ1) is 17.7. The highest BCUT2D eigenvalue weighted by Crippen LogP contribution is 2.17. The van der Waals surface area contributed by atoms with Crippen molar-refractivity contribution in [3.63, 3.8) is 0 Å². The van der Waals surface area contributed by atoms with Crippen molar-refractivity contribution in [1.82, 2.24) is 21.7 Å². The lowest BCUT2D eigenvalue weighted by Crippen LogP contribution is -2.44. The van der Waals surface area contributed by atoms with Gasteiger partial charge in [0.25, 0.3) is 0 Å². The lowest BCUT2D eigenvalue weighted by atomic mass is 9.92. The van der Waals surface area contributed by atoms with Crippen LogP contribution < -0.4 is 45.1 Å². The second kappa shape index (κ2) is 10.4. The molecule has 0 aromatic carbocycles. The largest absolute Gasteiger partial charge is 0.271 e. The van der Waals surface area contributed by atoms with E-state index >= 15 is 0 Å². The van der Waals surface area contributed by atoms with Crippen molar-refractivity contribution in [3.8, 4) is 0 Å². The van der Waals surface area contributed by atoms with E-state index in [-0.39, 0.29) is 0 Å². The Labute approximate surface area is 121 Å². The minimum Gasteiger partial charge on any atom is -0.271 e. The predicted octanol–water partition coefficient (Wildman–Crippen LogP) is -1.55. The van der Waals surface area contributed by atoms with E-state index in [1.54, 1.807) is 0 Å². The molecular weight excluding hydrogens is 256 g/mol. The van der Waals surface area contributed by atoms with Gasteiger partial charge >= 0.3 is 0 Å². The van der Waals surface area contributed by atoms with Crippen molar-refractivity contribution < 1.29 is 0 Å². The normalized spacial score (nSPS) is 34.2. The molecule has 8 nitrogen and oxygen atoms in total. The van der Waals surface area contributed by atoms with Gasteiger partial charge in [-0.1, -0.05) is 0 Å². The van der Waals surface area contributed by atoms with Gasteiger partial charge in [0.2, 0.25) is 0 Å². The molecule has 20 heavy (non-hydrogen) atoms. The van der Waals surface area contributed by atoms with Crippen molar-refractivity contribution in [2.45, 2.75) is 75.5 Å². The second-order valence-electron chi connectivity index (χ2n) is 5.76. The quantitative estimate of drug-likeness (QED) is 0.228. The van der Waals surface area contributed by atoms with Gasteiger partial charge < -0.3 is 0 Å². The van der Waals surface area contributed by atoms with Gasteiger partial charge in [0.05, 0.1) is 0 Å². The fraction of sp³-hybridized carbons (Fsp3) is 1.00.